The van der Waals surface area contributed by atoms with Gasteiger partial charge in [-0.25, -0.2) is 4.68 Å². The van der Waals surface area contributed by atoms with E-state index >= 15 is 0 Å². The van der Waals surface area contributed by atoms with Crippen LogP contribution in [0.4, 0.5) is 5.69 Å². The average Bonchev–Trinajstić information content (AvgIpc) is 2.62. The van der Waals surface area contributed by atoms with E-state index in [0.29, 0.717) is 0 Å². The van der Waals surface area contributed by atoms with Gasteiger partial charge in [0.25, 0.3) is 5.56 Å². The Bertz CT molecular complexity index is 793. The molecule has 4 nitrogen and oxygen atoms in total. The zero-order valence-corrected chi connectivity index (χ0v) is 13.2. The number of nitrogens with zero attached hydrogens (tertiary/aromatic N) is 3. The number of rotatable bonds is 2. The molecule has 2 heterocycles. The molecule has 1 aliphatic carbocycles. The maximum absolute atomic E-state index is 12.5. The van der Waals surface area contributed by atoms with Crippen molar-refractivity contribution in [2.75, 3.05) is 11.4 Å². The second-order valence-electron chi connectivity index (χ2n) is 6.36. The summed E-state index contributed by atoms with van der Waals surface area (Å²) in [4.78, 5) is 14.7. The van der Waals surface area contributed by atoms with E-state index in [1.54, 1.807) is 10.7 Å². The Morgan fingerprint density at radius 2 is 2.04 bits per heavy atom. The summed E-state index contributed by atoms with van der Waals surface area (Å²) >= 11 is 0. The lowest BCUT2D eigenvalue weighted by molar-refractivity contribution is 0.453. The lowest BCUT2D eigenvalue weighted by Gasteiger charge is -2.30. The van der Waals surface area contributed by atoms with Crippen LogP contribution in [0.15, 0.2) is 53.5 Å². The third-order valence-corrected chi connectivity index (χ3v) is 4.85. The lowest BCUT2D eigenvalue weighted by atomic mass is 10.00. The molecular weight excluding hydrogens is 286 g/mol. The Hall–Kier alpha value is -2.36. The standard InChI is InChI=1S/C19H21N3O/c23-19-12-18(13-20-22(19)17-8-2-1-3-9-17)21-11-10-15-6-4-5-7-16(15)14-21/h2,4-8,12-13,17H,1,3,9-11,14H2. The molecule has 0 radical (unpaired) electrons. The molecule has 0 amide bonds. The van der Waals surface area contributed by atoms with E-state index in [1.165, 1.54) is 11.1 Å². The monoisotopic (exact) mass is 307 g/mol. The molecule has 1 aromatic carbocycles. The van der Waals surface area contributed by atoms with Crippen molar-refractivity contribution in [3.8, 4) is 0 Å². The summed E-state index contributed by atoms with van der Waals surface area (Å²) in [6, 6.07) is 10.4. The third-order valence-electron chi connectivity index (χ3n) is 4.85. The zero-order valence-electron chi connectivity index (χ0n) is 13.2. The predicted octanol–water partition coefficient (Wildman–Crippen LogP) is 3.09. The van der Waals surface area contributed by atoms with Gasteiger partial charge in [0.1, 0.15) is 0 Å². The SMILES string of the molecule is O=c1cc(N2CCc3ccccc3C2)cnn1C1C=CCCC1. The Labute approximate surface area is 136 Å². The molecule has 1 aromatic heterocycles. The highest BCUT2D eigenvalue weighted by atomic mass is 16.1. The first-order valence-electron chi connectivity index (χ1n) is 8.38. The fourth-order valence-electron chi connectivity index (χ4n) is 3.54. The molecule has 4 rings (SSSR count). The van der Waals surface area contributed by atoms with Crippen LogP contribution in [-0.4, -0.2) is 16.3 Å². The van der Waals surface area contributed by atoms with Crippen LogP contribution in [0.25, 0.3) is 0 Å². The van der Waals surface area contributed by atoms with Crippen LogP contribution in [0.5, 0.6) is 0 Å². The zero-order chi connectivity index (χ0) is 15.6. The maximum atomic E-state index is 12.5. The molecular formula is C19H21N3O. The molecule has 1 aliphatic heterocycles. The number of hydrogen-bond donors (Lipinski definition) is 0. The van der Waals surface area contributed by atoms with Crippen molar-refractivity contribution in [1.29, 1.82) is 0 Å². The van der Waals surface area contributed by atoms with Gasteiger partial charge in [-0.2, -0.15) is 5.10 Å². The molecule has 2 aliphatic rings. The van der Waals surface area contributed by atoms with E-state index < -0.39 is 0 Å². The number of hydrogen-bond acceptors (Lipinski definition) is 3. The fraction of sp³-hybridized carbons (Fsp3) is 0.368. The van der Waals surface area contributed by atoms with E-state index in [2.05, 4.69) is 46.4 Å². The van der Waals surface area contributed by atoms with Gasteiger partial charge in [-0.15, -0.1) is 0 Å². The van der Waals surface area contributed by atoms with Gasteiger partial charge in [0.05, 0.1) is 17.9 Å². The van der Waals surface area contributed by atoms with E-state index in [4.69, 9.17) is 0 Å². The minimum atomic E-state index is -0.00194. The van der Waals surface area contributed by atoms with Gasteiger partial charge in [-0.3, -0.25) is 4.79 Å². The summed E-state index contributed by atoms with van der Waals surface area (Å²) in [5.74, 6) is 0. The first-order valence-corrected chi connectivity index (χ1v) is 8.38. The molecule has 1 unspecified atom stereocenters. The van der Waals surface area contributed by atoms with Crippen molar-refractivity contribution in [3.05, 3.63) is 70.2 Å². The summed E-state index contributed by atoms with van der Waals surface area (Å²) in [6.07, 6.45) is 10.4. The normalized spacial score (nSPS) is 20.3. The average molecular weight is 307 g/mol. The summed E-state index contributed by atoms with van der Waals surface area (Å²) in [6.45, 7) is 1.79. The third kappa shape index (κ3) is 2.81. The first-order chi connectivity index (χ1) is 11.3. The number of allylic oxidation sites excluding steroid dienone is 2. The fourth-order valence-corrected chi connectivity index (χ4v) is 3.54. The van der Waals surface area contributed by atoms with Gasteiger partial charge in [0, 0.05) is 19.2 Å². The van der Waals surface area contributed by atoms with Crippen molar-refractivity contribution in [2.24, 2.45) is 0 Å². The predicted molar refractivity (Wildman–Crippen MR) is 91.7 cm³/mol. The van der Waals surface area contributed by atoms with Gasteiger partial charge in [0.15, 0.2) is 0 Å². The molecule has 118 valence electrons. The maximum Gasteiger partial charge on any atom is 0.269 e. The second kappa shape index (κ2) is 6.03. The molecule has 0 N–H and O–H groups in total. The molecule has 0 bridgehead atoms. The van der Waals surface area contributed by atoms with Crippen molar-refractivity contribution < 1.29 is 0 Å². The first kappa shape index (κ1) is 14.2. The van der Waals surface area contributed by atoms with E-state index in [-0.39, 0.29) is 11.6 Å². The molecule has 0 spiro atoms. The second-order valence-corrected chi connectivity index (χ2v) is 6.36. The van der Waals surface area contributed by atoms with Gasteiger partial charge in [-0.05, 0) is 36.8 Å². The summed E-state index contributed by atoms with van der Waals surface area (Å²) in [5, 5.41) is 4.44. The van der Waals surface area contributed by atoms with Crippen LogP contribution in [0.3, 0.4) is 0 Å². The van der Waals surface area contributed by atoms with Gasteiger partial charge >= 0.3 is 0 Å². The largest absolute Gasteiger partial charge is 0.365 e. The Balaban J connectivity index is 1.59. The Kier molecular flexibility index (Phi) is 3.74. The molecule has 1 atom stereocenters. The van der Waals surface area contributed by atoms with Crippen LogP contribution in [-0.2, 0) is 13.0 Å². The van der Waals surface area contributed by atoms with E-state index in [9.17, 15) is 4.79 Å². The smallest absolute Gasteiger partial charge is 0.269 e. The quantitative estimate of drug-likeness (QED) is 0.800. The summed E-state index contributed by atoms with van der Waals surface area (Å²) in [5.41, 5.74) is 3.69. The molecule has 4 heteroatoms. The van der Waals surface area contributed by atoms with E-state index in [0.717, 1.165) is 44.5 Å². The highest BCUT2D eigenvalue weighted by Crippen LogP contribution is 2.24. The molecule has 2 aromatic rings. The van der Waals surface area contributed by atoms with Crippen LogP contribution < -0.4 is 10.5 Å². The number of fused-ring (bicyclic) bond motifs is 1. The van der Waals surface area contributed by atoms with Crippen LogP contribution in [0.1, 0.15) is 36.4 Å². The lowest BCUT2D eigenvalue weighted by Crippen LogP contribution is -2.33. The van der Waals surface area contributed by atoms with Gasteiger partial charge in [-0.1, -0.05) is 36.4 Å². The minimum Gasteiger partial charge on any atom is -0.365 e. The number of anilines is 1. The van der Waals surface area contributed by atoms with Gasteiger partial charge < -0.3 is 4.90 Å². The topological polar surface area (TPSA) is 38.1 Å². The van der Waals surface area contributed by atoms with E-state index in [1.807, 2.05) is 6.20 Å². The molecule has 0 saturated carbocycles. The minimum absolute atomic E-state index is 0.00194. The van der Waals surface area contributed by atoms with Gasteiger partial charge in [0.2, 0.25) is 0 Å². The highest BCUT2D eigenvalue weighted by molar-refractivity contribution is 5.47. The number of benzene rings is 1. The van der Waals surface area contributed by atoms with Crippen LogP contribution in [0, 0.1) is 0 Å². The Morgan fingerprint density at radius 3 is 2.83 bits per heavy atom. The summed E-state index contributed by atoms with van der Waals surface area (Å²) < 4.78 is 1.62. The molecule has 0 saturated heterocycles. The van der Waals surface area contributed by atoms with Crippen molar-refractivity contribution in [1.82, 2.24) is 9.78 Å². The van der Waals surface area contributed by atoms with Crippen molar-refractivity contribution in [3.63, 3.8) is 0 Å². The van der Waals surface area contributed by atoms with Crippen molar-refractivity contribution >= 4 is 5.69 Å². The highest BCUT2D eigenvalue weighted by Gasteiger charge is 2.18. The van der Waals surface area contributed by atoms with Crippen LogP contribution in [0.2, 0.25) is 0 Å². The molecule has 0 fully saturated rings. The Morgan fingerprint density at radius 1 is 1.17 bits per heavy atom. The van der Waals surface area contributed by atoms with Crippen molar-refractivity contribution in [2.45, 2.75) is 38.3 Å². The van der Waals surface area contributed by atoms with Crippen LogP contribution >= 0.6 is 0 Å². The summed E-state index contributed by atoms with van der Waals surface area (Å²) in [7, 11) is 0. The molecule has 23 heavy (non-hydrogen) atoms. The number of aromatic nitrogens is 2.